The summed E-state index contributed by atoms with van der Waals surface area (Å²) in [6, 6.07) is 5.73. The first kappa shape index (κ1) is 16.1. The topological polar surface area (TPSA) is 29.1 Å². The molecule has 1 aromatic carbocycles. The minimum atomic E-state index is -4.26. The number of carbonyl (C=O) groups excluding carboxylic acids is 1. The minimum Gasteiger partial charge on any atom is -0.349 e. The van der Waals surface area contributed by atoms with E-state index in [0.29, 0.717) is 30.7 Å². The summed E-state index contributed by atoms with van der Waals surface area (Å²) >= 11 is 5.66. The zero-order chi connectivity index (χ0) is 15.5. The van der Waals surface area contributed by atoms with Gasteiger partial charge in [0.2, 0.25) is 0 Å². The molecular formula is C15H17ClF3NO. The molecule has 116 valence electrons. The Balaban J connectivity index is 2.05. The van der Waals surface area contributed by atoms with Gasteiger partial charge in [0.15, 0.2) is 0 Å². The first-order valence-electron chi connectivity index (χ1n) is 6.94. The summed E-state index contributed by atoms with van der Waals surface area (Å²) in [6.45, 7) is 0. The monoisotopic (exact) mass is 319 g/mol. The van der Waals surface area contributed by atoms with Crippen LogP contribution in [0.1, 0.15) is 41.6 Å². The van der Waals surface area contributed by atoms with E-state index in [-0.39, 0.29) is 6.42 Å². The maximum atomic E-state index is 13.0. The Kier molecular flexibility index (Phi) is 5.14. The van der Waals surface area contributed by atoms with Gasteiger partial charge in [0, 0.05) is 17.5 Å². The fourth-order valence-electron chi connectivity index (χ4n) is 2.69. The van der Waals surface area contributed by atoms with Gasteiger partial charge in [-0.3, -0.25) is 4.79 Å². The second-order valence-corrected chi connectivity index (χ2v) is 5.61. The molecule has 1 aliphatic rings. The third-order valence-corrected chi connectivity index (χ3v) is 4.18. The lowest BCUT2D eigenvalue weighted by Crippen LogP contribution is -2.47. The molecule has 1 amide bonds. The molecule has 0 aliphatic heterocycles. The lowest BCUT2D eigenvalue weighted by atomic mass is 9.84. The molecule has 1 N–H and O–H groups in total. The molecule has 2 nitrogen and oxygen atoms in total. The molecule has 1 saturated carbocycles. The van der Waals surface area contributed by atoms with E-state index in [1.807, 2.05) is 0 Å². The minimum absolute atomic E-state index is 0.0830. The van der Waals surface area contributed by atoms with Crippen molar-refractivity contribution < 1.29 is 18.0 Å². The van der Waals surface area contributed by atoms with E-state index >= 15 is 0 Å². The van der Waals surface area contributed by atoms with Crippen LogP contribution in [0.5, 0.6) is 0 Å². The lowest BCUT2D eigenvalue weighted by Gasteiger charge is -2.33. The van der Waals surface area contributed by atoms with Crippen molar-refractivity contribution in [1.82, 2.24) is 5.32 Å². The van der Waals surface area contributed by atoms with E-state index in [4.69, 9.17) is 11.6 Å². The fourth-order valence-corrected chi connectivity index (χ4v) is 2.87. The Labute approximate surface area is 126 Å². The highest BCUT2D eigenvalue weighted by Crippen LogP contribution is 2.37. The van der Waals surface area contributed by atoms with Crippen molar-refractivity contribution in [2.75, 3.05) is 0 Å². The first-order valence-corrected chi connectivity index (χ1v) is 7.47. The van der Waals surface area contributed by atoms with Crippen LogP contribution >= 0.6 is 11.6 Å². The van der Waals surface area contributed by atoms with E-state index in [0.717, 1.165) is 5.56 Å². The normalized spacial score (nSPS) is 22.9. The van der Waals surface area contributed by atoms with Crippen molar-refractivity contribution in [3.63, 3.8) is 0 Å². The van der Waals surface area contributed by atoms with Gasteiger partial charge in [0.05, 0.1) is 5.92 Å². The van der Waals surface area contributed by atoms with E-state index in [1.165, 1.54) is 0 Å². The summed E-state index contributed by atoms with van der Waals surface area (Å²) in [5.74, 6) is -1.57. The zero-order valence-corrected chi connectivity index (χ0v) is 12.2. The molecule has 1 aromatic rings. The lowest BCUT2D eigenvalue weighted by molar-refractivity contribution is -0.187. The average Bonchev–Trinajstić information content (AvgIpc) is 2.47. The molecule has 0 radical (unpaired) electrons. The number of alkyl halides is 4. The molecule has 21 heavy (non-hydrogen) atoms. The quantitative estimate of drug-likeness (QED) is 0.828. The van der Waals surface area contributed by atoms with Crippen LogP contribution in [0.4, 0.5) is 13.2 Å². The van der Waals surface area contributed by atoms with Crippen LogP contribution in [-0.2, 0) is 5.88 Å². The zero-order valence-electron chi connectivity index (χ0n) is 11.4. The van der Waals surface area contributed by atoms with Gasteiger partial charge in [-0.05, 0) is 30.5 Å². The number of benzene rings is 1. The molecule has 6 heteroatoms. The Morgan fingerprint density at radius 3 is 2.38 bits per heavy atom. The average molecular weight is 320 g/mol. The summed E-state index contributed by atoms with van der Waals surface area (Å²) in [5.41, 5.74) is 1.22. The van der Waals surface area contributed by atoms with Gasteiger partial charge in [-0.15, -0.1) is 11.6 Å². The highest BCUT2D eigenvalue weighted by molar-refractivity contribution is 6.17. The number of nitrogens with one attached hydrogen (secondary N) is 1. The van der Waals surface area contributed by atoms with Crippen LogP contribution < -0.4 is 5.32 Å². The van der Waals surface area contributed by atoms with Crippen molar-refractivity contribution >= 4 is 17.5 Å². The van der Waals surface area contributed by atoms with Crippen molar-refractivity contribution in [3.05, 3.63) is 35.4 Å². The third-order valence-electron chi connectivity index (χ3n) is 3.87. The fraction of sp³-hybridized carbons (Fsp3) is 0.533. The van der Waals surface area contributed by atoms with Crippen molar-refractivity contribution in [3.8, 4) is 0 Å². The van der Waals surface area contributed by atoms with Gasteiger partial charge in [-0.25, -0.2) is 0 Å². The maximum Gasteiger partial charge on any atom is 0.393 e. The number of hydrogen-bond donors (Lipinski definition) is 1. The Bertz CT molecular complexity index is 487. The van der Waals surface area contributed by atoms with Crippen LogP contribution in [0.3, 0.4) is 0 Å². The van der Waals surface area contributed by atoms with Crippen LogP contribution in [0.25, 0.3) is 0 Å². The molecule has 1 aliphatic carbocycles. The Morgan fingerprint density at radius 1 is 1.19 bits per heavy atom. The summed E-state index contributed by atoms with van der Waals surface area (Å²) < 4.78 is 38.9. The van der Waals surface area contributed by atoms with Gasteiger partial charge in [-0.2, -0.15) is 13.2 Å². The largest absolute Gasteiger partial charge is 0.393 e. The van der Waals surface area contributed by atoms with Crippen LogP contribution in [0.2, 0.25) is 0 Å². The predicted molar refractivity (Wildman–Crippen MR) is 75.3 cm³/mol. The SMILES string of the molecule is O=C(NC1CCCCC1C(F)(F)F)c1ccc(CCl)cc1. The molecule has 2 unspecified atom stereocenters. The van der Waals surface area contributed by atoms with Crippen LogP contribution in [-0.4, -0.2) is 18.1 Å². The van der Waals surface area contributed by atoms with Crippen LogP contribution in [0.15, 0.2) is 24.3 Å². The summed E-state index contributed by atoms with van der Waals surface area (Å²) in [5, 5.41) is 2.54. The smallest absolute Gasteiger partial charge is 0.349 e. The van der Waals surface area contributed by atoms with Crippen LogP contribution in [0, 0.1) is 5.92 Å². The molecule has 2 rings (SSSR count). The number of rotatable bonds is 3. The number of carbonyl (C=O) groups is 1. The van der Waals surface area contributed by atoms with E-state index in [2.05, 4.69) is 5.32 Å². The van der Waals surface area contributed by atoms with E-state index in [9.17, 15) is 18.0 Å². The molecular weight excluding hydrogens is 303 g/mol. The van der Waals surface area contributed by atoms with E-state index < -0.39 is 24.0 Å². The van der Waals surface area contributed by atoms with Crippen molar-refractivity contribution in [2.45, 2.75) is 43.8 Å². The standard InChI is InChI=1S/C15H17ClF3NO/c16-9-10-5-7-11(8-6-10)14(21)20-13-4-2-1-3-12(13)15(17,18)19/h5-8,12-13H,1-4,9H2,(H,20,21). The maximum absolute atomic E-state index is 13.0. The van der Waals surface area contributed by atoms with Gasteiger partial charge < -0.3 is 5.32 Å². The van der Waals surface area contributed by atoms with Gasteiger partial charge in [-0.1, -0.05) is 25.0 Å². The van der Waals surface area contributed by atoms with Crippen molar-refractivity contribution in [2.24, 2.45) is 5.92 Å². The van der Waals surface area contributed by atoms with Gasteiger partial charge in [0.25, 0.3) is 5.91 Å². The Hall–Kier alpha value is -1.23. The van der Waals surface area contributed by atoms with Crippen molar-refractivity contribution in [1.29, 1.82) is 0 Å². The summed E-state index contributed by atoms with van der Waals surface area (Å²) in [6.07, 6.45) is -2.54. The Morgan fingerprint density at radius 2 is 1.81 bits per heavy atom. The molecule has 0 saturated heterocycles. The first-order chi connectivity index (χ1) is 9.91. The second-order valence-electron chi connectivity index (χ2n) is 5.34. The molecule has 0 spiro atoms. The van der Waals surface area contributed by atoms with Gasteiger partial charge in [0.1, 0.15) is 0 Å². The highest BCUT2D eigenvalue weighted by Gasteiger charge is 2.45. The molecule has 2 atom stereocenters. The third kappa shape index (κ3) is 4.13. The molecule has 0 bridgehead atoms. The van der Waals surface area contributed by atoms with Gasteiger partial charge >= 0.3 is 6.18 Å². The second kappa shape index (κ2) is 6.69. The molecule has 1 fully saturated rings. The predicted octanol–water partition coefficient (Wildman–Crippen LogP) is 4.28. The highest BCUT2D eigenvalue weighted by atomic mass is 35.5. The molecule has 0 heterocycles. The number of hydrogen-bond acceptors (Lipinski definition) is 1. The summed E-state index contributed by atoms with van der Waals surface area (Å²) in [4.78, 5) is 12.1. The number of halogens is 4. The summed E-state index contributed by atoms with van der Waals surface area (Å²) in [7, 11) is 0. The van der Waals surface area contributed by atoms with E-state index in [1.54, 1.807) is 24.3 Å². The number of amides is 1. The molecule has 0 aromatic heterocycles.